The molecule has 0 fully saturated rings. The van der Waals surface area contributed by atoms with Crippen molar-refractivity contribution in [1.29, 1.82) is 0 Å². The number of thiazole rings is 1. The zero-order valence-corrected chi connectivity index (χ0v) is 11.2. The maximum atomic E-state index is 5.52. The molecule has 0 saturated carbocycles. The third kappa shape index (κ3) is 2.46. The lowest BCUT2D eigenvalue weighted by atomic mass is 9.79. The van der Waals surface area contributed by atoms with E-state index in [-0.39, 0.29) is 0 Å². The van der Waals surface area contributed by atoms with E-state index in [4.69, 9.17) is 10.7 Å². The number of nitrogens with two attached hydrogens (primary N) is 1. The van der Waals surface area contributed by atoms with Crippen LogP contribution in [-0.4, -0.2) is 11.5 Å². The minimum absolute atomic E-state index is 0.302. The van der Waals surface area contributed by atoms with E-state index < -0.39 is 0 Å². The van der Waals surface area contributed by atoms with Crippen molar-refractivity contribution in [3.05, 3.63) is 15.6 Å². The number of hydrogen-bond donors (Lipinski definition) is 1. The molecule has 90 valence electrons. The summed E-state index contributed by atoms with van der Waals surface area (Å²) in [5.74, 6) is 0. The average Bonchev–Trinajstić information content (AvgIpc) is 2.62. The first-order valence-corrected chi connectivity index (χ1v) is 7.14. The minimum Gasteiger partial charge on any atom is -0.330 e. The normalized spacial score (nSPS) is 18.4. The smallest absolute Gasteiger partial charge is 0.0931 e. The molecule has 1 aliphatic carbocycles. The number of rotatable bonds is 4. The van der Waals surface area contributed by atoms with Gasteiger partial charge < -0.3 is 5.73 Å². The van der Waals surface area contributed by atoms with Crippen molar-refractivity contribution >= 4 is 11.3 Å². The monoisotopic (exact) mass is 238 g/mol. The predicted molar refractivity (Wildman–Crippen MR) is 70.1 cm³/mol. The predicted octanol–water partition coefficient (Wildman–Crippen LogP) is 3.04. The topological polar surface area (TPSA) is 38.9 Å². The van der Waals surface area contributed by atoms with Gasteiger partial charge in [0.25, 0.3) is 0 Å². The zero-order chi connectivity index (χ0) is 11.6. The first-order chi connectivity index (χ1) is 7.63. The van der Waals surface area contributed by atoms with Crippen LogP contribution in [0.1, 0.15) is 55.1 Å². The van der Waals surface area contributed by atoms with Gasteiger partial charge in [0.2, 0.25) is 0 Å². The molecule has 1 aliphatic rings. The van der Waals surface area contributed by atoms with E-state index in [1.165, 1.54) is 36.4 Å². The van der Waals surface area contributed by atoms with E-state index >= 15 is 0 Å². The van der Waals surface area contributed by atoms with Crippen LogP contribution in [0, 0.1) is 0 Å². The fourth-order valence-electron chi connectivity index (χ4n) is 2.44. The highest BCUT2D eigenvalue weighted by molar-refractivity contribution is 7.11. The molecular weight excluding hydrogens is 216 g/mol. The molecule has 16 heavy (non-hydrogen) atoms. The van der Waals surface area contributed by atoms with Crippen molar-refractivity contribution in [2.45, 2.75) is 57.8 Å². The molecule has 0 amide bonds. The summed E-state index contributed by atoms with van der Waals surface area (Å²) >= 11 is 1.94. The molecule has 1 aromatic rings. The molecule has 0 bridgehead atoms. The lowest BCUT2D eigenvalue weighted by Crippen LogP contribution is -2.23. The van der Waals surface area contributed by atoms with Crippen LogP contribution in [0.2, 0.25) is 0 Å². The van der Waals surface area contributed by atoms with Crippen LogP contribution in [0.4, 0.5) is 0 Å². The summed E-state index contributed by atoms with van der Waals surface area (Å²) in [6, 6.07) is 0. The van der Waals surface area contributed by atoms with Crippen LogP contribution in [0.15, 0.2) is 0 Å². The standard InChI is InChI=1S/C13H22N2S/c1-13(2)8-5-6-10-12(13)15-11(16-10)7-3-4-9-14/h3-9,14H2,1-2H3. The van der Waals surface area contributed by atoms with E-state index in [1.54, 1.807) is 4.88 Å². The number of hydrogen-bond acceptors (Lipinski definition) is 3. The average molecular weight is 238 g/mol. The van der Waals surface area contributed by atoms with E-state index in [0.717, 1.165) is 19.4 Å². The fourth-order valence-corrected chi connectivity index (χ4v) is 3.77. The molecular formula is C13H22N2S. The lowest BCUT2D eigenvalue weighted by molar-refractivity contribution is 0.423. The van der Waals surface area contributed by atoms with Crippen molar-refractivity contribution in [2.75, 3.05) is 6.54 Å². The van der Waals surface area contributed by atoms with Crippen molar-refractivity contribution in [2.24, 2.45) is 5.73 Å². The Morgan fingerprint density at radius 2 is 2.19 bits per heavy atom. The maximum absolute atomic E-state index is 5.52. The van der Waals surface area contributed by atoms with Gasteiger partial charge in [0, 0.05) is 10.3 Å². The Bertz CT molecular complexity index is 355. The van der Waals surface area contributed by atoms with Gasteiger partial charge in [-0.2, -0.15) is 0 Å². The van der Waals surface area contributed by atoms with Gasteiger partial charge in [0.1, 0.15) is 0 Å². The Morgan fingerprint density at radius 1 is 1.38 bits per heavy atom. The molecule has 2 rings (SSSR count). The molecule has 0 radical (unpaired) electrons. The highest BCUT2D eigenvalue weighted by atomic mass is 32.1. The Balaban J connectivity index is 2.10. The second-order valence-electron chi connectivity index (χ2n) is 5.36. The Hall–Kier alpha value is -0.410. The summed E-state index contributed by atoms with van der Waals surface area (Å²) in [6.07, 6.45) is 7.27. The molecule has 1 heterocycles. The number of fused-ring (bicyclic) bond motifs is 1. The molecule has 2 N–H and O–H groups in total. The van der Waals surface area contributed by atoms with E-state index in [0.29, 0.717) is 5.41 Å². The molecule has 0 unspecified atom stereocenters. The van der Waals surface area contributed by atoms with Crippen molar-refractivity contribution in [1.82, 2.24) is 4.98 Å². The SMILES string of the molecule is CC1(C)CCCc2sc(CCCCN)nc21. The van der Waals surface area contributed by atoms with E-state index in [1.807, 2.05) is 11.3 Å². The van der Waals surface area contributed by atoms with Gasteiger partial charge in [0.15, 0.2) is 0 Å². The summed E-state index contributed by atoms with van der Waals surface area (Å²) in [4.78, 5) is 6.39. The summed E-state index contributed by atoms with van der Waals surface area (Å²) < 4.78 is 0. The summed E-state index contributed by atoms with van der Waals surface area (Å²) in [5, 5.41) is 1.33. The van der Waals surface area contributed by atoms with E-state index in [2.05, 4.69) is 13.8 Å². The van der Waals surface area contributed by atoms with Crippen molar-refractivity contribution < 1.29 is 0 Å². The molecule has 2 nitrogen and oxygen atoms in total. The molecule has 0 atom stereocenters. The van der Waals surface area contributed by atoms with Crippen LogP contribution in [0.5, 0.6) is 0 Å². The number of aromatic nitrogens is 1. The van der Waals surface area contributed by atoms with Crippen LogP contribution in [0.3, 0.4) is 0 Å². The minimum atomic E-state index is 0.302. The summed E-state index contributed by atoms with van der Waals surface area (Å²) in [5.41, 5.74) is 7.20. The lowest BCUT2D eigenvalue weighted by Gasteiger charge is -2.28. The van der Waals surface area contributed by atoms with Gasteiger partial charge in [-0.1, -0.05) is 13.8 Å². The molecule has 1 aromatic heterocycles. The number of nitrogens with zero attached hydrogens (tertiary/aromatic N) is 1. The Labute approximate surface area is 102 Å². The third-order valence-electron chi connectivity index (χ3n) is 3.43. The second kappa shape index (κ2) is 4.84. The third-order valence-corrected chi connectivity index (χ3v) is 4.61. The van der Waals surface area contributed by atoms with Crippen LogP contribution in [0.25, 0.3) is 0 Å². The summed E-state index contributed by atoms with van der Waals surface area (Å²) in [6.45, 7) is 5.46. The highest BCUT2D eigenvalue weighted by Gasteiger charge is 2.30. The van der Waals surface area contributed by atoms with Crippen molar-refractivity contribution in [3.63, 3.8) is 0 Å². The fraction of sp³-hybridized carbons (Fsp3) is 0.769. The molecule has 3 heteroatoms. The van der Waals surface area contributed by atoms with Gasteiger partial charge in [-0.05, 0) is 45.1 Å². The first kappa shape index (κ1) is 12.1. The largest absolute Gasteiger partial charge is 0.330 e. The van der Waals surface area contributed by atoms with Crippen molar-refractivity contribution in [3.8, 4) is 0 Å². The number of unbranched alkanes of at least 4 members (excludes halogenated alkanes) is 1. The van der Waals surface area contributed by atoms with Gasteiger partial charge >= 0.3 is 0 Å². The maximum Gasteiger partial charge on any atom is 0.0931 e. The van der Waals surface area contributed by atoms with Crippen LogP contribution < -0.4 is 5.73 Å². The summed E-state index contributed by atoms with van der Waals surface area (Å²) in [7, 11) is 0. The van der Waals surface area contributed by atoms with Gasteiger partial charge in [0.05, 0.1) is 10.7 Å². The Kier molecular flexibility index (Phi) is 3.65. The van der Waals surface area contributed by atoms with Gasteiger partial charge in [-0.3, -0.25) is 0 Å². The van der Waals surface area contributed by atoms with E-state index in [9.17, 15) is 0 Å². The molecule has 0 aliphatic heterocycles. The highest BCUT2D eigenvalue weighted by Crippen LogP contribution is 2.39. The molecule has 0 spiro atoms. The first-order valence-electron chi connectivity index (χ1n) is 6.32. The molecule has 0 aromatic carbocycles. The van der Waals surface area contributed by atoms with Gasteiger partial charge in [-0.25, -0.2) is 4.98 Å². The van der Waals surface area contributed by atoms with Gasteiger partial charge in [-0.15, -0.1) is 11.3 Å². The molecule has 0 saturated heterocycles. The second-order valence-corrected chi connectivity index (χ2v) is 6.53. The number of aryl methyl sites for hydroxylation is 2. The zero-order valence-electron chi connectivity index (χ0n) is 10.4. The quantitative estimate of drug-likeness (QED) is 0.819. The Morgan fingerprint density at radius 3 is 2.88 bits per heavy atom. The van der Waals surface area contributed by atoms with Crippen LogP contribution in [-0.2, 0) is 18.3 Å². The van der Waals surface area contributed by atoms with Crippen LogP contribution >= 0.6 is 11.3 Å².